The highest BCUT2D eigenvalue weighted by atomic mass is 32.2. The zero-order valence-corrected chi connectivity index (χ0v) is 13.3. The van der Waals surface area contributed by atoms with Crippen molar-refractivity contribution in [1.82, 2.24) is 5.32 Å². The minimum absolute atomic E-state index is 0.474. The van der Waals surface area contributed by atoms with Gasteiger partial charge < -0.3 is 5.32 Å². The van der Waals surface area contributed by atoms with Crippen molar-refractivity contribution in [2.45, 2.75) is 76.9 Å². The van der Waals surface area contributed by atoms with Crippen LogP contribution >= 0.6 is 11.8 Å². The first-order valence-electron chi connectivity index (χ1n) is 7.50. The number of unbranched alkanes of at least 4 members (excludes halogenated alkanes) is 5. The van der Waals surface area contributed by atoms with Gasteiger partial charge in [0.25, 0.3) is 0 Å². The van der Waals surface area contributed by atoms with E-state index in [1.165, 1.54) is 64.5 Å². The van der Waals surface area contributed by atoms with E-state index in [0.29, 0.717) is 4.75 Å². The lowest BCUT2D eigenvalue weighted by Gasteiger charge is -2.30. The van der Waals surface area contributed by atoms with E-state index in [-0.39, 0.29) is 0 Å². The molecule has 0 amide bonds. The maximum atomic E-state index is 3.65. The topological polar surface area (TPSA) is 12.0 Å². The number of hydrogen-bond acceptors (Lipinski definition) is 2. The van der Waals surface area contributed by atoms with Gasteiger partial charge in [0.1, 0.15) is 0 Å². The molecule has 104 valence electrons. The van der Waals surface area contributed by atoms with E-state index >= 15 is 0 Å². The average Bonchev–Trinajstić information content (AvgIpc) is 2.38. The van der Waals surface area contributed by atoms with Gasteiger partial charge in [0.15, 0.2) is 0 Å². The Morgan fingerprint density at radius 3 is 2.00 bits per heavy atom. The van der Waals surface area contributed by atoms with Crippen LogP contribution in [0.4, 0.5) is 0 Å². The number of nitrogens with one attached hydrogen (secondary N) is 1. The summed E-state index contributed by atoms with van der Waals surface area (Å²) >= 11 is 2.03. The minimum atomic E-state index is 0.474. The summed E-state index contributed by atoms with van der Waals surface area (Å²) in [5.41, 5.74) is 0. The largest absolute Gasteiger partial charge is 0.315 e. The van der Waals surface area contributed by atoms with E-state index in [4.69, 9.17) is 0 Å². The van der Waals surface area contributed by atoms with Crippen LogP contribution in [0.1, 0.15) is 72.1 Å². The fraction of sp³-hybridized carbons (Fsp3) is 1.00. The SMILES string of the molecule is CCCCCCCCNCC(CC)(CC)SC. The van der Waals surface area contributed by atoms with Gasteiger partial charge in [-0.05, 0) is 32.1 Å². The highest BCUT2D eigenvalue weighted by Gasteiger charge is 2.23. The molecule has 0 atom stereocenters. The molecule has 0 aliphatic rings. The summed E-state index contributed by atoms with van der Waals surface area (Å²) in [6.45, 7) is 9.28. The number of hydrogen-bond donors (Lipinski definition) is 1. The Balaban J connectivity index is 3.43. The molecule has 0 aromatic heterocycles. The van der Waals surface area contributed by atoms with Crippen molar-refractivity contribution in [3.63, 3.8) is 0 Å². The van der Waals surface area contributed by atoms with Gasteiger partial charge in [-0.15, -0.1) is 0 Å². The first-order chi connectivity index (χ1) is 8.24. The van der Waals surface area contributed by atoms with Gasteiger partial charge in [0.05, 0.1) is 0 Å². The lowest BCUT2D eigenvalue weighted by atomic mass is 10.0. The summed E-state index contributed by atoms with van der Waals surface area (Å²) in [6.07, 6.45) is 13.1. The molecule has 0 heterocycles. The van der Waals surface area contributed by atoms with Crippen molar-refractivity contribution in [2.75, 3.05) is 19.3 Å². The molecule has 0 radical (unpaired) electrons. The predicted molar refractivity (Wildman–Crippen MR) is 83.1 cm³/mol. The van der Waals surface area contributed by atoms with Crippen LogP contribution in [0.15, 0.2) is 0 Å². The molecule has 1 nitrogen and oxygen atoms in total. The standard InChI is InChI=1S/C15H33NS/c1-5-8-9-10-11-12-13-16-14-15(6-2,7-3)17-4/h16H,5-14H2,1-4H3. The zero-order valence-electron chi connectivity index (χ0n) is 12.5. The normalized spacial score (nSPS) is 12.0. The van der Waals surface area contributed by atoms with Gasteiger partial charge in [0.2, 0.25) is 0 Å². The summed E-state index contributed by atoms with van der Waals surface area (Å²) in [5, 5.41) is 3.65. The molecule has 0 saturated heterocycles. The monoisotopic (exact) mass is 259 g/mol. The summed E-state index contributed by atoms with van der Waals surface area (Å²) < 4.78 is 0.474. The van der Waals surface area contributed by atoms with Crippen LogP contribution in [-0.2, 0) is 0 Å². The third-order valence-electron chi connectivity index (χ3n) is 3.88. The van der Waals surface area contributed by atoms with E-state index < -0.39 is 0 Å². The second-order valence-electron chi connectivity index (χ2n) is 5.04. The van der Waals surface area contributed by atoms with Crippen molar-refractivity contribution in [1.29, 1.82) is 0 Å². The quantitative estimate of drug-likeness (QED) is 0.502. The average molecular weight is 260 g/mol. The zero-order chi connectivity index (χ0) is 13.0. The van der Waals surface area contributed by atoms with E-state index in [1.807, 2.05) is 11.8 Å². The Morgan fingerprint density at radius 1 is 0.882 bits per heavy atom. The van der Waals surface area contributed by atoms with Gasteiger partial charge >= 0.3 is 0 Å². The van der Waals surface area contributed by atoms with Crippen LogP contribution < -0.4 is 5.32 Å². The molecule has 2 heteroatoms. The van der Waals surface area contributed by atoms with Gasteiger partial charge in [-0.2, -0.15) is 11.8 Å². The van der Waals surface area contributed by atoms with Crippen LogP contribution in [0.2, 0.25) is 0 Å². The molecule has 0 spiro atoms. The molecule has 0 saturated carbocycles. The molecule has 0 rings (SSSR count). The van der Waals surface area contributed by atoms with Crippen molar-refractivity contribution in [3.05, 3.63) is 0 Å². The Hall–Kier alpha value is 0.310. The van der Waals surface area contributed by atoms with Crippen LogP contribution in [-0.4, -0.2) is 24.1 Å². The molecular formula is C15H33NS. The van der Waals surface area contributed by atoms with Crippen molar-refractivity contribution >= 4 is 11.8 Å². The summed E-state index contributed by atoms with van der Waals surface area (Å²) in [4.78, 5) is 0. The van der Waals surface area contributed by atoms with Crippen molar-refractivity contribution in [3.8, 4) is 0 Å². The summed E-state index contributed by atoms with van der Waals surface area (Å²) in [6, 6.07) is 0. The van der Waals surface area contributed by atoms with Gasteiger partial charge in [-0.3, -0.25) is 0 Å². The van der Waals surface area contributed by atoms with Crippen LogP contribution in [0.3, 0.4) is 0 Å². The van der Waals surface area contributed by atoms with Crippen LogP contribution in [0.5, 0.6) is 0 Å². The molecule has 0 aliphatic heterocycles. The molecule has 0 aromatic carbocycles. The fourth-order valence-corrected chi connectivity index (χ4v) is 3.03. The second-order valence-corrected chi connectivity index (χ2v) is 6.31. The first-order valence-corrected chi connectivity index (χ1v) is 8.73. The number of thioether (sulfide) groups is 1. The van der Waals surface area contributed by atoms with Gasteiger partial charge in [-0.1, -0.05) is 52.9 Å². The predicted octanol–water partition coefficient (Wildman–Crippen LogP) is 4.86. The molecule has 0 fully saturated rings. The van der Waals surface area contributed by atoms with Gasteiger partial charge in [0, 0.05) is 11.3 Å². The van der Waals surface area contributed by atoms with Crippen molar-refractivity contribution < 1.29 is 0 Å². The highest BCUT2D eigenvalue weighted by molar-refractivity contribution is 8.00. The fourth-order valence-electron chi connectivity index (χ4n) is 2.21. The van der Waals surface area contributed by atoms with Crippen LogP contribution in [0, 0.1) is 0 Å². The Bertz CT molecular complexity index is 147. The third kappa shape index (κ3) is 8.10. The summed E-state index contributed by atoms with van der Waals surface area (Å²) in [7, 11) is 0. The maximum Gasteiger partial charge on any atom is 0.0276 e. The third-order valence-corrected chi connectivity index (χ3v) is 5.46. The lowest BCUT2D eigenvalue weighted by Crippen LogP contribution is -2.37. The van der Waals surface area contributed by atoms with E-state index in [2.05, 4.69) is 32.3 Å². The number of rotatable bonds is 12. The smallest absolute Gasteiger partial charge is 0.0276 e. The maximum absolute atomic E-state index is 3.65. The molecular weight excluding hydrogens is 226 g/mol. The second kappa shape index (κ2) is 11.4. The molecule has 17 heavy (non-hydrogen) atoms. The van der Waals surface area contributed by atoms with Gasteiger partial charge in [-0.25, -0.2) is 0 Å². The lowest BCUT2D eigenvalue weighted by molar-refractivity contribution is 0.483. The molecule has 0 bridgehead atoms. The molecule has 0 aliphatic carbocycles. The van der Waals surface area contributed by atoms with Crippen LogP contribution in [0.25, 0.3) is 0 Å². The minimum Gasteiger partial charge on any atom is -0.315 e. The summed E-state index contributed by atoms with van der Waals surface area (Å²) in [5.74, 6) is 0. The van der Waals surface area contributed by atoms with E-state index in [1.54, 1.807) is 0 Å². The highest BCUT2D eigenvalue weighted by Crippen LogP contribution is 2.29. The Labute approximate surface area is 114 Å². The first kappa shape index (κ1) is 17.3. The molecule has 0 aromatic rings. The molecule has 0 unspecified atom stereocenters. The Kier molecular flexibility index (Phi) is 11.6. The molecule has 1 N–H and O–H groups in total. The Morgan fingerprint density at radius 2 is 1.47 bits per heavy atom. The van der Waals surface area contributed by atoms with E-state index in [0.717, 1.165) is 0 Å². The van der Waals surface area contributed by atoms with Crippen molar-refractivity contribution in [2.24, 2.45) is 0 Å². The van der Waals surface area contributed by atoms with E-state index in [9.17, 15) is 0 Å².